The Balaban J connectivity index is 1.92. The first-order valence-corrected chi connectivity index (χ1v) is 7.54. The van der Waals surface area contributed by atoms with Crippen LogP contribution in [0.25, 0.3) is 0 Å². The SMILES string of the molecule is CCOC(=O)C(C)(C)c1csc(NCCc2ncno2)n1. The van der Waals surface area contributed by atoms with Gasteiger partial charge in [0.1, 0.15) is 5.41 Å². The molecule has 0 fully saturated rings. The van der Waals surface area contributed by atoms with Gasteiger partial charge in [-0.2, -0.15) is 4.98 Å². The fourth-order valence-corrected chi connectivity index (χ4v) is 2.55. The molecule has 0 atom stereocenters. The Morgan fingerprint density at radius 2 is 2.33 bits per heavy atom. The molecule has 8 heteroatoms. The number of hydrogen-bond donors (Lipinski definition) is 1. The highest BCUT2D eigenvalue weighted by atomic mass is 32.1. The van der Waals surface area contributed by atoms with Crippen LogP contribution in [0.15, 0.2) is 16.2 Å². The summed E-state index contributed by atoms with van der Waals surface area (Å²) in [4.78, 5) is 20.3. The van der Waals surface area contributed by atoms with E-state index < -0.39 is 5.41 Å². The minimum Gasteiger partial charge on any atom is -0.465 e. The number of hydrogen-bond acceptors (Lipinski definition) is 8. The van der Waals surface area contributed by atoms with Crippen LogP contribution in [0.3, 0.4) is 0 Å². The van der Waals surface area contributed by atoms with Gasteiger partial charge >= 0.3 is 5.97 Å². The summed E-state index contributed by atoms with van der Waals surface area (Å²) < 4.78 is 9.99. The van der Waals surface area contributed by atoms with Crippen LogP contribution >= 0.6 is 11.3 Å². The second-order valence-corrected chi connectivity index (χ2v) is 5.75. The van der Waals surface area contributed by atoms with Gasteiger partial charge in [0.25, 0.3) is 0 Å². The highest BCUT2D eigenvalue weighted by molar-refractivity contribution is 7.13. The summed E-state index contributed by atoms with van der Waals surface area (Å²) in [6.07, 6.45) is 1.99. The zero-order valence-electron chi connectivity index (χ0n) is 12.3. The molecule has 7 nitrogen and oxygen atoms in total. The van der Waals surface area contributed by atoms with Crippen molar-refractivity contribution in [2.24, 2.45) is 0 Å². The van der Waals surface area contributed by atoms with E-state index in [2.05, 4.69) is 20.4 Å². The van der Waals surface area contributed by atoms with E-state index in [1.165, 1.54) is 17.7 Å². The maximum Gasteiger partial charge on any atom is 0.317 e. The number of nitrogens with one attached hydrogen (secondary N) is 1. The van der Waals surface area contributed by atoms with Crippen LogP contribution in [0, 0.1) is 0 Å². The molecule has 2 rings (SSSR count). The molecule has 0 spiro atoms. The number of carbonyl (C=O) groups is 1. The van der Waals surface area contributed by atoms with E-state index in [9.17, 15) is 4.79 Å². The van der Waals surface area contributed by atoms with Crippen molar-refractivity contribution in [2.75, 3.05) is 18.5 Å². The number of esters is 1. The van der Waals surface area contributed by atoms with Gasteiger partial charge in [-0.1, -0.05) is 5.16 Å². The van der Waals surface area contributed by atoms with Crippen molar-refractivity contribution in [3.63, 3.8) is 0 Å². The lowest BCUT2D eigenvalue weighted by atomic mass is 9.90. The number of thiazole rings is 1. The molecule has 0 bridgehead atoms. The summed E-state index contributed by atoms with van der Waals surface area (Å²) in [7, 11) is 0. The molecular formula is C13H18N4O3S. The quantitative estimate of drug-likeness (QED) is 0.782. The molecule has 0 aliphatic rings. The molecule has 21 heavy (non-hydrogen) atoms. The molecule has 0 aliphatic heterocycles. The van der Waals surface area contributed by atoms with Gasteiger partial charge in [0, 0.05) is 18.3 Å². The molecule has 0 aliphatic carbocycles. The molecule has 0 unspecified atom stereocenters. The molecule has 2 heterocycles. The predicted octanol–water partition coefficient (Wildman–Crippen LogP) is 2.02. The number of anilines is 1. The molecule has 0 radical (unpaired) electrons. The van der Waals surface area contributed by atoms with Crippen molar-refractivity contribution in [3.05, 3.63) is 23.3 Å². The smallest absolute Gasteiger partial charge is 0.317 e. The van der Waals surface area contributed by atoms with Crippen molar-refractivity contribution in [1.29, 1.82) is 0 Å². The third kappa shape index (κ3) is 3.78. The van der Waals surface area contributed by atoms with Crippen LogP contribution in [0.2, 0.25) is 0 Å². The van der Waals surface area contributed by atoms with E-state index in [0.717, 1.165) is 5.13 Å². The summed E-state index contributed by atoms with van der Waals surface area (Å²) in [6, 6.07) is 0. The van der Waals surface area contributed by atoms with Gasteiger partial charge in [0.05, 0.1) is 12.3 Å². The van der Waals surface area contributed by atoms with Gasteiger partial charge in [0.15, 0.2) is 11.5 Å². The van der Waals surface area contributed by atoms with Gasteiger partial charge < -0.3 is 14.6 Å². The lowest BCUT2D eigenvalue weighted by Crippen LogP contribution is -2.31. The van der Waals surface area contributed by atoms with Gasteiger partial charge in [-0.25, -0.2) is 4.98 Å². The largest absolute Gasteiger partial charge is 0.465 e. The van der Waals surface area contributed by atoms with E-state index in [1.54, 1.807) is 6.92 Å². The summed E-state index contributed by atoms with van der Waals surface area (Å²) in [5, 5.41) is 9.34. The Morgan fingerprint density at radius 3 is 3.00 bits per heavy atom. The van der Waals surface area contributed by atoms with Crippen molar-refractivity contribution >= 4 is 22.4 Å². The minimum atomic E-state index is -0.751. The molecular weight excluding hydrogens is 292 g/mol. The molecule has 2 aromatic heterocycles. The predicted molar refractivity (Wildman–Crippen MR) is 78.3 cm³/mol. The minimum absolute atomic E-state index is 0.271. The van der Waals surface area contributed by atoms with Crippen LogP contribution in [-0.4, -0.2) is 34.2 Å². The summed E-state index contributed by atoms with van der Waals surface area (Å²) in [5.41, 5.74) is -0.0508. The number of ether oxygens (including phenoxy) is 1. The van der Waals surface area contributed by atoms with E-state index in [4.69, 9.17) is 9.26 Å². The van der Waals surface area contributed by atoms with E-state index in [-0.39, 0.29) is 5.97 Å². The Bertz CT molecular complexity index is 580. The molecule has 0 aromatic carbocycles. The average molecular weight is 310 g/mol. The third-order valence-corrected chi connectivity index (χ3v) is 3.75. The molecule has 0 saturated carbocycles. The highest BCUT2D eigenvalue weighted by Gasteiger charge is 2.33. The summed E-state index contributed by atoms with van der Waals surface area (Å²) in [5.74, 6) is 0.304. The van der Waals surface area contributed by atoms with Crippen molar-refractivity contribution in [2.45, 2.75) is 32.6 Å². The van der Waals surface area contributed by atoms with Gasteiger partial charge in [-0.15, -0.1) is 11.3 Å². The topological polar surface area (TPSA) is 90.1 Å². The first kappa shape index (κ1) is 15.4. The van der Waals surface area contributed by atoms with Crippen molar-refractivity contribution in [3.8, 4) is 0 Å². The van der Waals surface area contributed by atoms with Crippen LogP contribution < -0.4 is 5.32 Å². The maximum absolute atomic E-state index is 11.9. The number of carbonyl (C=O) groups excluding carboxylic acids is 1. The number of nitrogens with zero attached hydrogens (tertiary/aromatic N) is 3. The highest BCUT2D eigenvalue weighted by Crippen LogP contribution is 2.28. The fraction of sp³-hybridized carbons (Fsp3) is 0.538. The zero-order valence-corrected chi connectivity index (χ0v) is 13.1. The normalized spacial score (nSPS) is 11.4. The number of aromatic nitrogens is 3. The van der Waals surface area contributed by atoms with Crippen LogP contribution in [0.4, 0.5) is 5.13 Å². The zero-order chi connectivity index (χ0) is 15.3. The standard InChI is InChI=1S/C13H18N4O3S/c1-4-19-11(18)13(2,3)9-7-21-12(17-9)14-6-5-10-15-8-16-20-10/h7-8H,4-6H2,1-3H3,(H,14,17). The molecule has 1 N–H and O–H groups in total. The summed E-state index contributed by atoms with van der Waals surface area (Å²) >= 11 is 1.45. The van der Waals surface area contributed by atoms with Gasteiger partial charge in [-0.3, -0.25) is 4.79 Å². The van der Waals surface area contributed by atoms with Crippen LogP contribution in [0.1, 0.15) is 32.4 Å². The monoisotopic (exact) mass is 310 g/mol. The fourth-order valence-electron chi connectivity index (χ4n) is 1.64. The van der Waals surface area contributed by atoms with Gasteiger partial charge in [-0.05, 0) is 20.8 Å². The Hall–Kier alpha value is -1.96. The molecule has 0 saturated heterocycles. The molecule has 2 aromatic rings. The first-order chi connectivity index (χ1) is 10.0. The van der Waals surface area contributed by atoms with Crippen molar-refractivity contribution in [1.82, 2.24) is 15.1 Å². The van der Waals surface area contributed by atoms with Gasteiger partial charge in [0.2, 0.25) is 5.89 Å². The lowest BCUT2D eigenvalue weighted by molar-refractivity contribution is -0.148. The lowest BCUT2D eigenvalue weighted by Gasteiger charge is -2.19. The molecule has 114 valence electrons. The second kappa shape index (κ2) is 6.66. The third-order valence-electron chi connectivity index (χ3n) is 2.95. The Labute approximate surface area is 126 Å². The average Bonchev–Trinajstić information content (AvgIpc) is 3.10. The second-order valence-electron chi connectivity index (χ2n) is 4.90. The molecule has 0 amide bonds. The number of rotatable bonds is 7. The van der Waals surface area contributed by atoms with Crippen LogP contribution in [-0.2, 0) is 21.4 Å². The first-order valence-electron chi connectivity index (χ1n) is 6.66. The maximum atomic E-state index is 11.9. The summed E-state index contributed by atoms with van der Waals surface area (Å²) in [6.45, 7) is 6.40. The Morgan fingerprint density at radius 1 is 1.52 bits per heavy atom. The van der Waals surface area contributed by atoms with Crippen molar-refractivity contribution < 1.29 is 14.1 Å². The van der Waals surface area contributed by atoms with E-state index >= 15 is 0 Å². The Kier molecular flexibility index (Phi) is 4.89. The van der Waals surface area contributed by atoms with Crippen LogP contribution in [0.5, 0.6) is 0 Å². The van der Waals surface area contributed by atoms with E-state index in [0.29, 0.717) is 31.2 Å². The van der Waals surface area contributed by atoms with E-state index in [1.807, 2.05) is 19.2 Å².